The molecule has 7 nitrogen and oxygen atoms in total. The number of nitrogens with zero attached hydrogens (tertiary/aromatic N) is 3. The number of hydrogen-bond donors (Lipinski definition) is 1. The number of pyridine rings is 1. The number of nitrogens with two attached hydrogens (primary N) is 1. The molecule has 0 aliphatic carbocycles. The first-order chi connectivity index (χ1) is 15.8. The lowest BCUT2D eigenvalue weighted by atomic mass is 9.91. The molecular formula is C26H30N4O3. The van der Waals surface area contributed by atoms with Crippen molar-refractivity contribution in [2.45, 2.75) is 40.7 Å². The van der Waals surface area contributed by atoms with Crippen molar-refractivity contribution in [3.05, 3.63) is 54.4 Å². The molecule has 2 aromatic heterocycles. The summed E-state index contributed by atoms with van der Waals surface area (Å²) in [5, 5.41) is 0.931. The Hall–Kier alpha value is -3.61. The molecule has 172 valence electrons. The summed E-state index contributed by atoms with van der Waals surface area (Å²) in [6.07, 6.45) is 0.761. The van der Waals surface area contributed by atoms with Gasteiger partial charge in [-0.05, 0) is 24.3 Å². The fourth-order valence-corrected chi connectivity index (χ4v) is 3.68. The maximum Gasteiger partial charge on any atom is 0.175 e. The predicted molar refractivity (Wildman–Crippen MR) is 131 cm³/mol. The predicted octanol–water partition coefficient (Wildman–Crippen LogP) is 4.80. The number of ether oxygens (including phenoxy) is 2. The third-order valence-corrected chi connectivity index (χ3v) is 5.60. The number of aromatic nitrogens is 3. The van der Waals surface area contributed by atoms with E-state index in [0.717, 1.165) is 28.9 Å². The Morgan fingerprint density at radius 1 is 1.03 bits per heavy atom. The van der Waals surface area contributed by atoms with Crippen LogP contribution in [0.3, 0.4) is 0 Å². The maximum absolute atomic E-state index is 12.2. The number of Topliss-reactive ketones (excluding diaryl/α,β-unsaturated/α-hetero) is 1. The number of ketones is 1. The zero-order valence-electron chi connectivity index (χ0n) is 19.6. The van der Waals surface area contributed by atoms with Crippen LogP contribution in [0.5, 0.6) is 11.5 Å². The van der Waals surface area contributed by atoms with Crippen LogP contribution < -0.4 is 15.2 Å². The van der Waals surface area contributed by atoms with Gasteiger partial charge in [0, 0.05) is 23.3 Å². The van der Waals surface area contributed by atoms with Gasteiger partial charge in [0.05, 0.1) is 17.6 Å². The summed E-state index contributed by atoms with van der Waals surface area (Å²) in [7, 11) is 0. The molecule has 0 radical (unpaired) electrons. The summed E-state index contributed by atoms with van der Waals surface area (Å²) in [5.41, 5.74) is 8.17. The Kier molecular flexibility index (Phi) is 6.22. The van der Waals surface area contributed by atoms with E-state index in [2.05, 4.69) is 16.5 Å². The van der Waals surface area contributed by atoms with E-state index < -0.39 is 5.41 Å². The quantitative estimate of drug-likeness (QED) is 0.418. The number of anilines is 1. The Morgan fingerprint density at radius 3 is 2.48 bits per heavy atom. The van der Waals surface area contributed by atoms with E-state index in [0.29, 0.717) is 35.8 Å². The normalized spacial score (nSPS) is 11.8. The van der Waals surface area contributed by atoms with Crippen LogP contribution in [-0.4, -0.2) is 33.5 Å². The summed E-state index contributed by atoms with van der Waals surface area (Å²) < 4.78 is 13.8. The molecule has 0 unspecified atom stereocenters. The fourth-order valence-electron chi connectivity index (χ4n) is 3.68. The maximum atomic E-state index is 12.2. The van der Waals surface area contributed by atoms with E-state index in [1.165, 1.54) is 0 Å². The molecule has 2 heterocycles. The number of para-hydroxylation sites is 1. The van der Waals surface area contributed by atoms with Crippen LogP contribution in [0.4, 0.5) is 5.82 Å². The highest BCUT2D eigenvalue weighted by atomic mass is 16.5. The van der Waals surface area contributed by atoms with Crippen LogP contribution in [0.15, 0.2) is 48.5 Å². The second-order valence-electron chi connectivity index (χ2n) is 9.03. The van der Waals surface area contributed by atoms with Gasteiger partial charge in [-0.15, -0.1) is 0 Å². The van der Waals surface area contributed by atoms with Gasteiger partial charge in [0.2, 0.25) is 0 Å². The zero-order valence-corrected chi connectivity index (χ0v) is 19.6. The molecule has 0 saturated carbocycles. The summed E-state index contributed by atoms with van der Waals surface area (Å²) in [5.74, 6) is 2.75. The largest absolute Gasteiger partial charge is 0.492 e. The highest BCUT2D eigenvalue weighted by molar-refractivity contribution is 6.07. The van der Waals surface area contributed by atoms with Crippen LogP contribution in [0.2, 0.25) is 0 Å². The molecule has 0 fully saturated rings. The molecule has 0 spiro atoms. The third kappa shape index (κ3) is 4.77. The Labute approximate surface area is 193 Å². The topological polar surface area (TPSA) is 92.3 Å². The number of rotatable bonds is 8. The second kappa shape index (κ2) is 9.10. The molecule has 2 N–H and O–H groups in total. The first-order valence-corrected chi connectivity index (χ1v) is 11.2. The van der Waals surface area contributed by atoms with Crippen LogP contribution in [0.25, 0.3) is 21.9 Å². The van der Waals surface area contributed by atoms with Gasteiger partial charge in [0.1, 0.15) is 36.1 Å². The molecular weight excluding hydrogens is 416 g/mol. The number of carbonyl (C=O) groups excluding carboxylic acids is 1. The van der Waals surface area contributed by atoms with E-state index in [1.54, 1.807) is 0 Å². The summed E-state index contributed by atoms with van der Waals surface area (Å²) in [4.78, 5) is 21.6. The number of fused-ring (bicyclic) bond motifs is 3. The first-order valence-electron chi connectivity index (χ1n) is 11.2. The highest BCUT2D eigenvalue weighted by Gasteiger charge is 2.22. The van der Waals surface area contributed by atoms with E-state index in [9.17, 15) is 4.79 Å². The molecule has 0 bridgehead atoms. The highest BCUT2D eigenvalue weighted by Crippen LogP contribution is 2.31. The molecule has 0 atom stereocenters. The lowest BCUT2D eigenvalue weighted by Gasteiger charge is -2.17. The van der Waals surface area contributed by atoms with Crippen molar-refractivity contribution >= 4 is 33.5 Å². The van der Waals surface area contributed by atoms with Crippen molar-refractivity contribution in [3.63, 3.8) is 0 Å². The molecule has 0 saturated heterocycles. The molecule has 4 rings (SSSR count). The third-order valence-electron chi connectivity index (χ3n) is 5.60. The van der Waals surface area contributed by atoms with E-state index in [4.69, 9.17) is 20.2 Å². The van der Waals surface area contributed by atoms with Gasteiger partial charge >= 0.3 is 0 Å². The van der Waals surface area contributed by atoms with E-state index >= 15 is 0 Å². The Morgan fingerprint density at radius 2 is 1.79 bits per heavy atom. The van der Waals surface area contributed by atoms with Crippen LogP contribution in [0.1, 0.15) is 33.5 Å². The number of carbonyl (C=O) groups is 1. The van der Waals surface area contributed by atoms with Gasteiger partial charge in [-0.1, -0.05) is 45.9 Å². The van der Waals surface area contributed by atoms with Gasteiger partial charge in [-0.2, -0.15) is 0 Å². The number of benzene rings is 2. The molecule has 0 amide bonds. The molecule has 7 heteroatoms. The molecule has 33 heavy (non-hydrogen) atoms. The van der Waals surface area contributed by atoms with Crippen LogP contribution >= 0.6 is 0 Å². The number of imidazole rings is 1. The van der Waals surface area contributed by atoms with Crippen molar-refractivity contribution in [2.75, 3.05) is 18.9 Å². The van der Waals surface area contributed by atoms with Gasteiger partial charge in [-0.3, -0.25) is 4.79 Å². The molecule has 2 aromatic carbocycles. The molecule has 4 aromatic rings. The monoisotopic (exact) mass is 446 g/mol. The Bertz CT molecular complexity index is 1290. The zero-order chi connectivity index (χ0) is 23.6. The lowest BCUT2D eigenvalue weighted by Crippen LogP contribution is -2.26. The minimum atomic E-state index is -0.448. The van der Waals surface area contributed by atoms with E-state index in [-0.39, 0.29) is 12.4 Å². The standard InChI is InChI=1S/C26H30N4O3/c1-5-22-29-23-24(30(22)13-14-32-17-9-7-6-8-10-17)19-12-11-18(15-20(19)28-25(23)27)33-16-21(31)26(2,3)4/h6-12,15H,5,13-14,16H2,1-4H3,(H2,27,28). The smallest absolute Gasteiger partial charge is 0.175 e. The van der Waals surface area contributed by atoms with Crippen molar-refractivity contribution in [2.24, 2.45) is 5.41 Å². The van der Waals surface area contributed by atoms with Crippen molar-refractivity contribution in [3.8, 4) is 11.5 Å². The second-order valence-corrected chi connectivity index (χ2v) is 9.03. The first kappa shape index (κ1) is 22.6. The SMILES string of the molecule is CCc1nc2c(N)nc3cc(OCC(=O)C(C)(C)C)ccc3c2n1CCOc1ccccc1. The number of aryl methyl sites for hydroxylation is 1. The van der Waals surface area contributed by atoms with Gasteiger partial charge in [-0.25, -0.2) is 9.97 Å². The average molecular weight is 447 g/mol. The van der Waals surface area contributed by atoms with Gasteiger partial charge < -0.3 is 19.8 Å². The molecule has 0 aliphatic rings. The van der Waals surface area contributed by atoms with Gasteiger partial charge in [0.25, 0.3) is 0 Å². The summed E-state index contributed by atoms with van der Waals surface area (Å²) in [6.45, 7) is 8.86. The minimum absolute atomic E-state index is 0.0154. The number of nitrogen functional groups attached to an aromatic ring is 1. The summed E-state index contributed by atoms with van der Waals surface area (Å²) >= 11 is 0. The average Bonchev–Trinajstić information content (AvgIpc) is 3.17. The minimum Gasteiger partial charge on any atom is -0.492 e. The van der Waals surface area contributed by atoms with Crippen LogP contribution in [0, 0.1) is 5.41 Å². The van der Waals surface area contributed by atoms with Crippen molar-refractivity contribution in [1.29, 1.82) is 0 Å². The molecule has 0 aliphatic heterocycles. The van der Waals surface area contributed by atoms with E-state index in [1.807, 2.05) is 69.3 Å². The Balaban J connectivity index is 1.66. The van der Waals surface area contributed by atoms with Crippen LogP contribution in [-0.2, 0) is 17.8 Å². The number of hydrogen-bond acceptors (Lipinski definition) is 6. The summed E-state index contributed by atoms with van der Waals surface area (Å²) in [6, 6.07) is 15.4. The lowest BCUT2D eigenvalue weighted by molar-refractivity contribution is -0.128. The van der Waals surface area contributed by atoms with Gasteiger partial charge in [0.15, 0.2) is 11.6 Å². The van der Waals surface area contributed by atoms with Crippen molar-refractivity contribution in [1.82, 2.24) is 14.5 Å². The fraction of sp³-hybridized carbons (Fsp3) is 0.346. The van der Waals surface area contributed by atoms with Crippen molar-refractivity contribution < 1.29 is 14.3 Å².